The number of anilines is 1. The monoisotopic (exact) mass is 397 g/mol. The summed E-state index contributed by atoms with van der Waals surface area (Å²) in [4.78, 5) is 16.9. The van der Waals surface area contributed by atoms with E-state index in [9.17, 15) is 13.6 Å². The van der Waals surface area contributed by atoms with E-state index in [1.165, 1.54) is 12.3 Å². The van der Waals surface area contributed by atoms with Crippen LogP contribution in [-0.4, -0.2) is 30.6 Å². The van der Waals surface area contributed by atoms with Gasteiger partial charge in [-0.2, -0.15) is 8.78 Å². The van der Waals surface area contributed by atoms with Crippen LogP contribution in [-0.2, 0) is 10.2 Å². The molecule has 5 nitrogen and oxygen atoms in total. The van der Waals surface area contributed by atoms with E-state index in [-0.39, 0.29) is 35.8 Å². The van der Waals surface area contributed by atoms with Gasteiger partial charge in [-0.05, 0) is 29.2 Å². The fraction of sp³-hybridized carbons (Fsp3) is 0.368. The highest BCUT2D eigenvalue weighted by Crippen LogP contribution is 2.36. The highest BCUT2D eigenvalue weighted by Gasteiger charge is 2.47. The standard InChI is InChI=1S/C19H21F2N3O2.ClH/c1-12(2)13-6-3-4-7-14(13)19(10-22-11-19)17(25)24-15-8-5-9-23-16(15)26-18(20)21;/h3-9,12,18,22H,10-11H2,1-2H3,(H,24,25);1H. The molecular weight excluding hydrogens is 376 g/mol. The molecule has 2 heterocycles. The number of nitrogens with zero attached hydrogens (tertiary/aromatic N) is 1. The Bertz CT molecular complexity index is 798. The largest absolute Gasteiger partial charge is 0.415 e. The summed E-state index contributed by atoms with van der Waals surface area (Å²) in [5.74, 6) is -0.306. The van der Waals surface area contributed by atoms with Gasteiger partial charge in [-0.15, -0.1) is 12.4 Å². The number of aromatic nitrogens is 1. The third-order valence-corrected chi connectivity index (χ3v) is 4.61. The van der Waals surface area contributed by atoms with Crippen LogP contribution in [0.4, 0.5) is 14.5 Å². The molecular formula is C19H22ClF2N3O2. The Morgan fingerprint density at radius 2 is 1.93 bits per heavy atom. The number of amides is 1. The summed E-state index contributed by atoms with van der Waals surface area (Å²) in [5.41, 5.74) is 1.43. The average molecular weight is 398 g/mol. The van der Waals surface area contributed by atoms with Crippen molar-refractivity contribution in [3.05, 3.63) is 53.7 Å². The minimum atomic E-state index is -3.01. The Labute approximate surface area is 162 Å². The number of ether oxygens (including phenoxy) is 1. The predicted octanol–water partition coefficient (Wildman–Crippen LogP) is 3.71. The van der Waals surface area contributed by atoms with Gasteiger partial charge < -0.3 is 15.4 Å². The third-order valence-electron chi connectivity index (χ3n) is 4.61. The molecule has 1 aromatic carbocycles. The van der Waals surface area contributed by atoms with Crippen molar-refractivity contribution in [2.24, 2.45) is 0 Å². The summed E-state index contributed by atoms with van der Waals surface area (Å²) in [6.45, 7) is 2.10. The molecule has 0 spiro atoms. The first kappa shape index (κ1) is 21.1. The predicted molar refractivity (Wildman–Crippen MR) is 102 cm³/mol. The Morgan fingerprint density at radius 1 is 1.22 bits per heavy atom. The number of alkyl halides is 2. The molecule has 1 aliphatic heterocycles. The zero-order valence-corrected chi connectivity index (χ0v) is 15.9. The fourth-order valence-corrected chi connectivity index (χ4v) is 3.19. The van der Waals surface area contributed by atoms with E-state index in [0.29, 0.717) is 13.1 Å². The van der Waals surface area contributed by atoms with Crippen LogP contribution in [0.1, 0.15) is 30.9 Å². The van der Waals surface area contributed by atoms with Crippen LogP contribution < -0.4 is 15.4 Å². The van der Waals surface area contributed by atoms with Crippen molar-refractivity contribution >= 4 is 24.0 Å². The van der Waals surface area contributed by atoms with Crippen molar-refractivity contribution in [1.82, 2.24) is 10.3 Å². The Hall–Kier alpha value is -2.25. The van der Waals surface area contributed by atoms with E-state index in [1.54, 1.807) is 6.07 Å². The number of hydrogen-bond donors (Lipinski definition) is 2. The molecule has 1 aromatic heterocycles. The van der Waals surface area contributed by atoms with E-state index < -0.39 is 12.0 Å². The lowest BCUT2D eigenvalue weighted by molar-refractivity contribution is -0.123. The lowest BCUT2D eigenvalue weighted by Crippen LogP contribution is -2.63. The summed E-state index contributed by atoms with van der Waals surface area (Å²) in [6, 6.07) is 10.9. The molecule has 0 aliphatic carbocycles. The molecule has 1 amide bonds. The van der Waals surface area contributed by atoms with Gasteiger partial charge in [-0.1, -0.05) is 38.1 Å². The quantitative estimate of drug-likeness (QED) is 0.780. The number of hydrogen-bond acceptors (Lipinski definition) is 4. The molecule has 2 aromatic rings. The molecule has 27 heavy (non-hydrogen) atoms. The van der Waals surface area contributed by atoms with Crippen molar-refractivity contribution in [2.75, 3.05) is 18.4 Å². The number of carbonyl (C=O) groups is 1. The molecule has 0 atom stereocenters. The minimum absolute atomic E-state index is 0. The molecule has 3 rings (SSSR count). The van der Waals surface area contributed by atoms with E-state index in [2.05, 4.69) is 34.2 Å². The Kier molecular flexibility index (Phi) is 6.73. The summed E-state index contributed by atoms with van der Waals surface area (Å²) in [6.07, 6.45) is 1.34. The number of benzene rings is 1. The smallest absolute Gasteiger partial charge is 0.388 e. The van der Waals surface area contributed by atoms with Gasteiger partial charge in [0.15, 0.2) is 0 Å². The second-order valence-electron chi connectivity index (χ2n) is 6.62. The maximum absolute atomic E-state index is 13.1. The lowest BCUT2D eigenvalue weighted by Gasteiger charge is -2.43. The zero-order chi connectivity index (χ0) is 18.7. The molecule has 1 aliphatic rings. The van der Waals surface area contributed by atoms with Gasteiger partial charge in [0.25, 0.3) is 0 Å². The molecule has 8 heteroatoms. The highest BCUT2D eigenvalue weighted by molar-refractivity contribution is 6.01. The molecule has 146 valence electrons. The molecule has 0 radical (unpaired) electrons. The first-order chi connectivity index (χ1) is 12.4. The molecule has 1 saturated heterocycles. The van der Waals surface area contributed by atoms with Gasteiger partial charge in [0.2, 0.25) is 11.8 Å². The van der Waals surface area contributed by atoms with E-state index >= 15 is 0 Å². The molecule has 0 bridgehead atoms. The van der Waals surface area contributed by atoms with Crippen LogP contribution in [0.25, 0.3) is 0 Å². The van der Waals surface area contributed by atoms with Crippen molar-refractivity contribution in [2.45, 2.75) is 31.8 Å². The maximum atomic E-state index is 13.1. The van der Waals surface area contributed by atoms with Crippen molar-refractivity contribution in [3.8, 4) is 5.88 Å². The van der Waals surface area contributed by atoms with E-state index in [0.717, 1.165) is 11.1 Å². The van der Waals surface area contributed by atoms with Gasteiger partial charge in [0.05, 0.1) is 5.41 Å². The van der Waals surface area contributed by atoms with Crippen LogP contribution in [0.15, 0.2) is 42.6 Å². The fourth-order valence-electron chi connectivity index (χ4n) is 3.19. The summed E-state index contributed by atoms with van der Waals surface area (Å²) in [5, 5.41) is 5.88. The molecule has 2 N–H and O–H groups in total. The van der Waals surface area contributed by atoms with Gasteiger partial charge in [-0.25, -0.2) is 4.98 Å². The van der Waals surface area contributed by atoms with E-state index in [1.807, 2.05) is 24.3 Å². The normalized spacial score (nSPS) is 15.0. The number of pyridine rings is 1. The first-order valence-electron chi connectivity index (χ1n) is 8.45. The highest BCUT2D eigenvalue weighted by atomic mass is 35.5. The number of rotatable bonds is 6. The van der Waals surface area contributed by atoms with Crippen molar-refractivity contribution < 1.29 is 18.3 Å². The van der Waals surface area contributed by atoms with Crippen LogP contribution in [0.5, 0.6) is 5.88 Å². The van der Waals surface area contributed by atoms with Crippen LogP contribution in [0.2, 0.25) is 0 Å². The zero-order valence-electron chi connectivity index (χ0n) is 15.0. The molecule has 0 unspecified atom stereocenters. The first-order valence-corrected chi connectivity index (χ1v) is 8.45. The van der Waals surface area contributed by atoms with Crippen LogP contribution in [0, 0.1) is 0 Å². The van der Waals surface area contributed by atoms with Crippen LogP contribution >= 0.6 is 12.4 Å². The van der Waals surface area contributed by atoms with Gasteiger partial charge >= 0.3 is 6.61 Å². The lowest BCUT2D eigenvalue weighted by atomic mass is 9.71. The minimum Gasteiger partial charge on any atom is -0.415 e. The second kappa shape index (κ2) is 8.63. The van der Waals surface area contributed by atoms with Crippen LogP contribution in [0.3, 0.4) is 0 Å². The third kappa shape index (κ3) is 4.20. The Morgan fingerprint density at radius 3 is 2.52 bits per heavy atom. The molecule has 1 fully saturated rings. The maximum Gasteiger partial charge on any atom is 0.388 e. The van der Waals surface area contributed by atoms with Gasteiger partial charge in [-0.3, -0.25) is 4.79 Å². The Balaban J connectivity index is 0.00000261. The van der Waals surface area contributed by atoms with Gasteiger partial charge in [0.1, 0.15) is 5.69 Å². The topological polar surface area (TPSA) is 63.2 Å². The second-order valence-corrected chi connectivity index (χ2v) is 6.62. The summed E-state index contributed by atoms with van der Waals surface area (Å²) < 4.78 is 29.5. The van der Waals surface area contributed by atoms with Crippen molar-refractivity contribution in [1.29, 1.82) is 0 Å². The number of halogens is 3. The van der Waals surface area contributed by atoms with Gasteiger partial charge in [0, 0.05) is 19.3 Å². The number of carbonyl (C=O) groups excluding carboxylic acids is 1. The van der Waals surface area contributed by atoms with E-state index in [4.69, 9.17) is 0 Å². The molecule has 0 saturated carbocycles. The SMILES string of the molecule is CC(C)c1ccccc1C1(C(=O)Nc2cccnc2OC(F)F)CNC1.Cl. The number of nitrogens with one attached hydrogen (secondary N) is 2. The summed E-state index contributed by atoms with van der Waals surface area (Å²) in [7, 11) is 0. The summed E-state index contributed by atoms with van der Waals surface area (Å²) >= 11 is 0. The average Bonchev–Trinajstić information content (AvgIpc) is 2.55. The van der Waals surface area contributed by atoms with Crippen molar-refractivity contribution in [3.63, 3.8) is 0 Å².